The maximum absolute atomic E-state index is 12.1. The lowest BCUT2D eigenvalue weighted by Gasteiger charge is -2.07. The number of sulfonamides is 1. The third-order valence-electron chi connectivity index (χ3n) is 2.75. The van der Waals surface area contributed by atoms with Gasteiger partial charge in [0.15, 0.2) is 0 Å². The number of nitrogens with zero attached hydrogens (tertiary/aromatic N) is 2. The fourth-order valence-electron chi connectivity index (χ4n) is 1.63. The molecule has 2 rings (SSSR count). The molecule has 1 heterocycles. The molecule has 0 aliphatic carbocycles. The molecule has 3 N–H and O–H groups in total. The van der Waals surface area contributed by atoms with Crippen LogP contribution in [0.1, 0.15) is 16.1 Å². The Balaban J connectivity index is 2.22. The van der Waals surface area contributed by atoms with Gasteiger partial charge in [0.2, 0.25) is 0 Å². The van der Waals surface area contributed by atoms with Crippen LogP contribution in [0.4, 0.5) is 0 Å². The lowest BCUT2D eigenvalue weighted by molar-refractivity contribution is 0.0972. The molecule has 0 aliphatic heterocycles. The number of benzene rings is 1. The van der Waals surface area contributed by atoms with E-state index in [0.29, 0.717) is 6.54 Å². The standard InChI is InChI=1S/C12H14N4O3S/c1-16-11(6-7-14-16)12(17)15-20(18,19)10-4-2-9(8-13)3-5-10/h2-7H,8,13H2,1H3,(H,15,17). The van der Waals surface area contributed by atoms with E-state index in [4.69, 9.17) is 5.73 Å². The highest BCUT2D eigenvalue weighted by atomic mass is 32.2. The first-order valence-corrected chi connectivity index (χ1v) is 7.26. The van der Waals surface area contributed by atoms with Gasteiger partial charge in [-0.25, -0.2) is 13.1 Å². The van der Waals surface area contributed by atoms with E-state index in [9.17, 15) is 13.2 Å². The summed E-state index contributed by atoms with van der Waals surface area (Å²) in [6.07, 6.45) is 1.41. The highest BCUT2D eigenvalue weighted by molar-refractivity contribution is 7.90. The van der Waals surface area contributed by atoms with Crippen LogP contribution in [0.25, 0.3) is 0 Å². The van der Waals surface area contributed by atoms with Gasteiger partial charge >= 0.3 is 0 Å². The SMILES string of the molecule is Cn1nccc1C(=O)NS(=O)(=O)c1ccc(CN)cc1. The molecule has 1 aromatic heterocycles. The van der Waals surface area contributed by atoms with Crippen molar-refractivity contribution in [1.82, 2.24) is 14.5 Å². The number of carbonyl (C=O) groups excluding carboxylic acids is 1. The quantitative estimate of drug-likeness (QED) is 0.825. The smallest absolute Gasteiger partial charge is 0.283 e. The number of rotatable bonds is 4. The van der Waals surface area contributed by atoms with Crippen molar-refractivity contribution in [2.75, 3.05) is 0 Å². The predicted octanol–water partition coefficient (Wildman–Crippen LogP) is -0.00250. The van der Waals surface area contributed by atoms with Crippen molar-refractivity contribution in [3.8, 4) is 0 Å². The second kappa shape index (κ2) is 5.43. The lowest BCUT2D eigenvalue weighted by Crippen LogP contribution is -2.31. The molecule has 8 heteroatoms. The molecule has 0 unspecified atom stereocenters. The number of amides is 1. The van der Waals surface area contributed by atoms with Crippen molar-refractivity contribution in [2.45, 2.75) is 11.4 Å². The summed E-state index contributed by atoms with van der Waals surface area (Å²) in [6.45, 7) is 0.321. The Morgan fingerprint density at radius 3 is 2.45 bits per heavy atom. The highest BCUT2D eigenvalue weighted by Gasteiger charge is 2.20. The number of hydrogen-bond donors (Lipinski definition) is 2. The maximum atomic E-state index is 12.1. The van der Waals surface area contributed by atoms with Crippen LogP contribution in [-0.4, -0.2) is 24.1 Å². The third-order valence-corrected chi connectivity index (χ3v) is 4.10. The Morgan fingerprint density at radius 1 is 1.30 bits per heavy atom. The monoisotopic (exact) mass is 294 g/mol. The first kappa shape index (κ1) is 14.2. The van der Waals surface area contributed by atoms with Gasteiger partial charge in [-0.2, -0.15) is 5.10 Å². The molecule has 0 saturated carbocycles. The minimum Gasteiger partial charge on any atom is -0.326 e. The van der Waals surface area contributed by atoms with Crippen LogP contribution in [0.5, 0.6) is 0 Å². The minimum absolute atomic E-state index is 0.00483. The summed E-state index contributed by atoms with van der Waals surface area (Å²) < 4.78 is 27.4. The zero-order chi connectivity index (χ0) is 14.8. The van der Waals surface area contributed by atoms with Crippen molar-refractivity contribution in [2.24, 2.45) is 12.8 Å². The Morgan fingerprint density at radius 2 is 1.95 bits per heavy atom. The lowest BCUT2D eigenvalue weighted by atomic mass is 10.2. The summed E-state index contributed by atoms with van der Waals surface area (Å²) >= 11 is 0. The highest BCUT2D eigenvalue weighted by Crippen LogP contribution is 2.11. The van der Waals surface area contributed by atoms with Gasteiger partial charge < -0.3 is 5.73 Å². The average molecular weight is 294 g/mol. The zero-order valence-corrected chi connectivity index (χ0v) is 11.6. The zero-order valence-electron chi connectivity index (χ0n) is 10.8. The topological polar surface area (TPSA) is 107 Å². The fourth-order valence-corrected chi connectivity index (χ4v) is 2.60. The molecule has 2 aromatic rings. The summed E-state index contributed by atoms with van der Waals surface area (Å²) in [5.74, 6) is -0.729. The Kier molecular flexibility index (Phi) is 3.86. The molecule has 106 valence electrons. The van der Waals surface area contributed by atoms with Crippen molar-refractivity contribution < 1.29 is 13.2 Å². The van der Waals surface area contributed by atoms with Crippen molar-refractivity contribution in [1.29, 1.82) is 0 Å². The van der Waals surface area contributed by atoms with Crippen LogP contribution in [0, 0.1) is 0 Å². The van der Waals surface area contributed by atoms with E-state index >= 15 is 0 Å². The largest absolute Gasteiger partial charge is 0.326 e. The summed E-state index contributed by atoms with van der Waals surface area (Å²) in [5.41, 5.74) is 6.41. The minimum atomic E-state index is -3.91. The van der Waals surface area contributed by atoms with Crippen LogP contribution < -0.4 is 10.5 Å². The summed E-state index contributed by atoms with van der Waals surface area (Å²) in [7, 11) is -2.36. The summed E-state index contributed by atoms with van der Waals surface area (Å²) in [5, 5.41) is 3.81. The van der Waals surface area contributed by atoms with E-state index < -0.39 is 15.9 Å². The molecule has 0 aliphatic rings. The Bertz CT molecular complexity index is 719. The first-order chi connectivity index (χ1) is 9.44. The molecule has 0 radical (unpaired) electrons. The number of nitrogens with two attached hydrogens (primary N) is 1. The number of hydrogen-bond acceptors (Lipinski definition) is 5. The molecule has 1 aromatic carbocycles. The first-order valence-electron chi connectivity index (χ1n) is 5.78. The molecular formula is C12H14N4O3S. The normalized spacial score (nSPS) is 11.3. The molecule has 0 saturated heterocycles. The predicted molar refractivity (Wildman–Crippen MR) is 72.2 cm³/mol. The van der Waals surface area contributed by atoms with Gasteiger partial charge in [0.25, 0.3) is 15.9 Å². The van der Waals surface area contributed by atoms with E-state index in [1.54, 1.807) is 19.2 Å². The Labute approximate surface area is 116 Å². The van der Waals surface area contributed by atoms with Gasteiger partial charge in [0.1, 0.15) is 5.69 Å². The van der Waals surface area contributed by atoms with Gasteiger partial charge in [-0.05, 0) is 23.8 Å². The third kappa shape index (κ3) is 2.86. The Hall–Kier alpha value is -2.19. The number of aryl methyl sites for hydroxylation is 1. The van der Waals surface area contributed by atoms with Crippen molar-refractivity contribution in [3.63, 3.8) is 0 Å². The molecule has 20 heavy (non-hydrogen) atoms. The molecule has 0 fully saturated rings. The van der Waals surface area contributed by atoms with Crippen molar-refractivity contribution >= 4 is 15.9 Å². The van der Waals surface area contributed by atoms with Crippen molar-refractivity contribution in [3.05, 3.63) is 47.8 Å². The van der Waals surface area contributed by atoms with Gasteiger partial charge in [0, 0.05) is 19.8 Å². The summed E-state index contributed by atoms with van der Waals surface area (Å²) in [4.78, 5) is 11.9. The maximum Gasteiger partial charge on any atom is 0.283 e. The van der Waals surface area contributed by atoms with E-state index in [2.05, 4.69) is 5.10 Å². The molecule has 0 atom stereocenters. The van der Waals surface area contributed by atoms with E-state index in [0.717, 1.165) is 5.56 Å². The number of aromatic nitrogens is 2. The van der Waals surface area contributed by atoms with E-state index in [-0.39, 0.29) is 10.6 Å². The molecule has 0 bridgehead atoms. The fraction of sp³-hybridized carbons (Fsp3) is 0.167. The van der Waals surface area contributed by atoms with Gasteiger partial charge in [0.05, 0.1) is 4.90 Å². The average Bonchev–Trinajstić information content (AvgIpc) is 2.84. The van der Waals surface area contributed by atoms with Crippen LogP contribution in [0.15, 0.2) is 41.4 Å². The molecule has 7 nitrogen and oxygen atoms in total. The number of nitrogens with one attached hydrogen (secondary N) is 1. The van der Waals surface area contributed by atoms with Crippen LogP contribution in [0.3, 0.4) is 0 Å². The molecule has 1 amide bonds. The van der Waals surface area contributed by atoms with E-state index in [1.165, 1.54) is 29.1 Å². The molecular weight excluding hydrogens is 280 g/mol. The van der Waals surface area contributed by atoms with Crippen LogP contribution in [0.2, 0.25) is 0 Å². The second-order valence-corrected chi connectivity index (χ2v) is 5.81. The number of carbonyl (C=O) groups is 1. The molecule has 0 spiro atoms. The summed E-state index contributed by atoms with van der Waals surface area (Å²) in [6, 6.07) is 7.44. The van der Waals surface area contributed by atoms with Gasteiger partial charge in [-0.1, -0.05) is 12.1 Å². The second-order valence-electron chi connectivity index (χ2n) is 4.12. The van der Waals surface area contributed by atoms with E-state index in [1.807, 2.05) is 4.72 Å². The van der Waals surface area contributed by atoms with Crippen LogP contribution in [-0.2, 0) is 23.6 Å². The van der Waals surface area contributed by atoms with Gasteiger partial charge in [-0.3, -0.25) is 9.48 Å². The van der Waals surface area contributed by atoms with Crippen LogP contribution >= 0.6 is 0 Å². The van der Waals surface area contributed by atoms with Gasteiger partial charge in [-0.15, -0.1) is 0 Å².